The lowest BCUT2D eigenvalue weighted by molar-refractivity contribution is 0.0517. The SMILES string of the molecule is CCC(C)CCOC(C)CCNC(=O)c1nc2ccccc2[nH]c1=O. The Bertz CT molecular complexity index is 757. The van der Waals surface area contributed by atoms with E-state index >= 15 is 0 Å². The van der Waals surface area contributed by atoms with Gasteiger partial charge in [-0.1, -0.05) is 32.4 Å². The van der Waals surface area contributed by atoms with Gasteiger partial charge in [0, 0.05) is 13.2 Å². The number of H-pyrrole nitrogens is 1. The third kappa shape index (κ3) is 5.67. The molecule has 1 heterocycles. The first-order chi connectivity index (χ1) is 12.0. The van der Waals surface area contributed by atoms with E-state index < -0.39 is 11.5 Å². The Balaban J connectivity index is 1.82. The average Bonchev–Trinajstić information content (AvgIpc) is 2.60. The second-order valence-corrected chi connectivity index (χ2v) is 6.46. The molecule has 0 saturated carbocycles. The van der Waals surface area contributed by atoms with Crippen molar-refractivity contribution in [3.05, 3.63) is 40.3 Å². The topological polar surface area (TPSA) is 84.1 Å². The first-order valence-corrected chi connectivity index (χ1v) is 8.90. The molecule has 0 radical (unpaired) electrons. The number of carbonyl (C=O) groups is 1. The molecule has 2 atom stereocenters. The fourth-order valence-corrected chi connectivity index (χ4v) is 2.41. The summed E-state index contributed by atoms with van der Waals surface area (Å²) in [6.45, 7) is 7.55. The highest BCUT2D eigenvalue weighted by Crippen LogP contribution is 2.08. The standard InChI is InChI=1S/C19H27N3O3/c1-4-13(2)10-12-25-14(3)9-11-20-18(23)17-19(24)22-16-8-6-5-7-15(16)21-17/h5-8,13-14H,4,9-12H2,1-3H3,(H,20,23)(H,22,24). The molecule has 2 rings (SSSR count). The van der Waals surface area contributed by atoms with E-state index in [0.717, 1.165) is 19.4 Å². The Morgan fingerprint density at radius 3 is 2.80 bits per heavy atom. The Morgan fingerprint density at radius 1 is 1.28 bits per heavy atom. The molecule has 1 aromatic heterocycles. The van der Waals surface area contributed by atoms with Gasteiger partial charge < -0.3 is 15.0 Å². The number of hydrogen-bond acceptors (Lipinski definition) is 4. The highest BCUT2D eigenvalue weighted by atomic mass is 16.5. The van der Waals surface area contributed by atoms with Crippen LogP contribution in [0.2, 0.25) is 0 Å². The fraction of sp³-hybridized carbons (Fsp3) is 0.526. The molecule has 0 aliphatic carbocycles. The van der Waals surface area contributed by atoms with E-state index in [1.54, 1.807) is 12.1 Å². The molecular weight excluding hydrogens is 318 g/mol. The number of fused-ring (bicyclic) bond motifs is 1. The molecule has 0 aliphatic rings. The number of nitrogens with zero attached hydrogens (tertiary/aromatic N) is 1. The molecule has 0 aliphatic heterocycles. The van der Waals surface area contributed by atoms with Gasteiger partial charge in [-0.2, -0.15) is 0 Å². The molecule has 6 nitrogen and oxygen atoms in total. The van der Waals surface area contributed by atoms with E-state index in [0.29, 0.717) is 29.9 Å². The van der Waals surface area contributed by atoms with Crippen molar-refractivity contribution in [2.24, 2.45) is 5.92 Å². The highest BCUT2D eigenvalue weighted by molar-refractivity contribution is 5.93. The van der Waals surface area contributed by atoms with Crippen LogP contribution in [0.4, 0.5) is 0 Å². The first-order valence-electron chi connectivity index (χ1n) is 8.90. The van der Waals surface area contributed by atoms with Crippen LogP contribution in [0.25, 0.3) is 11.0 Å². The number of rotatable bonds is 9. The molecule has 136 valence electrons. The van der Waals surface area contributed by atoms with E-state index in [4.69, 9.17) is 4.74 Å². The number of aromatic amines is 1. The number of hydrogen-bond donors (Lipinski definition) is 2. The molecule has 2 aromatic rings. The molecule has 0 spiro atoms. The minimum absolute atomic E-state index is 0.0622. The molecule has 2 N–H and O–H groups in total. The average molecular weight is 345 g/mol. The summed E-state index contributed by atoms with van der Waals surface area (Å²) in [4.78, 5) is 31.0. The Labute approximate surface area is 148 Å². The molecule has 0 fully saturated rings. The van der Waals surface area contributed by atoms with Gasteiger partial charge in [-0.15, -0.1) is 0 Å². The summed E-state index contributed by atoms with van der Waals surface area (Å²) in [7, 11) is 0. The lowest BCUT2D eigenvalue weighted by atomic mass is 10.1. The van der Waals surface area contributed by atoms with Crippen LogP contribution in [0.5, 0.6) is 0 Å². The van der Waals surface area contributed by atoms with Crippen LogP contribution in [-0.2, 0) is 4.74 Å². The van der Waals surface area contributed by atoms with Crippen LogP contribution in [0, 0.1) is 5.92 Å². The Hall–Kier alpha value is -2.21. The van der Waals surface area contributed by atoms with Crippen molar-refractivity contribution in [3.8, 4) is 0 Å². The second kappa shape index (κ2) is 9.32. The maximum absolute atomic E-state index is 12.2. The van der Waals surface area contributed by atoms with Gasteiger partial charge in [-0.05, 0) is 37.8 Å². The maximum Gasteiger partial charge on any atom is 0.280 e. The van der Waals surface area contributed by atoms with E-state index in [9.17, 15) is 9.59 Å². The molecule has 1 amide bonds. The minimum Gasteiger partial charge on any atom is -0.378 e. The van der Waals surface area contributed by atoms with Crippen molar-refractivity contribution in [1.29, 1.82) is 0 Å². The highest BCUT2D eigenvalue weighted by Gasteiger charge is 2.14. The molecule has 0 bridgehead atoms. The fourth-order valence-electron chi connectivity index (χ4n) is 2.41. The van der Waals surface area contributed by atoms with Crippen molar-refractivity contribution >= 4 is 16.9 Å². The summed E-state index contributed by atoms with van der Waals surface area (Å²) >= 11 is 0. The van der Waals surface area contributed by atoms with Crippen molar-refractivity contribution in [1.82, 2.24) is 15.3 Å². The summed E-state index contributed by atoms with van der Waals surface area (Å²) < 4.78 is 5.75. The van der Waals surface area contributed by atoms with E-state index in [2.05, 4.69) is 29.1 Å². The number of ether oxygens (including phenoxy) is 1. The first kappa shape index (κ1) is 19.1. The summed E-state index contributed by atoms with van der Waals surface area (Å²) in [5.41, 5.74) is 0.625. The summed E-state index contributed by atoms with van der Waals surface area (Å²) in [6, 6.07) is 7.13. The van der Waals surface area contributed by atoms with Gasteiger partial charge in [-0.3, -0.25) is 9.59 Å². The molecule has 25 heavy (non-hydrogen) atoms. The summed E-state index contributed by atoms with van der Waals surface area (Å²) in [5.74, 6) is 0.205. The van der Waals surface area contributed by atoms with Crippen molar-refractivity contribution in [3.63, 3.8) is 0 Å². The van der Waals surface area contributed by atoms with Crippen molar-refractivity contribution < 1.29 is 9.53 Å². The van der Waals surface area contributed by atoms with Crippen LogP contribution < -0.4 is 10.9 Å². The van der Waals surface area contributed by atoms with Crippen molar-refractivity contribution in [2.75, 3.05) is 13.2 Å². The van der Waals surface area contributed by atoms with Gasteiger partial charge in [0.1, 0.15) is 0 Å². The number of amides is 1. The van der Waals surface area contributed by atoms with Crippen LogP contribution in [0.15, 0.2) is 29.1 Å². The van der Waals surface area contributed by atoms with Gasteiger partial charge in [0.2, 0.25) is 0 Å². The maximum atomic E-state index is 12.2. The zero-order valence-corrected chi connectivity index (χ0v) is 15.2. The van der Waals surface area contributed by atoms with E-state index in [1.165, 1.54) is 0 Å². The lowest BCUT2D eigenvalue weighted by Crippen LogP contribution is -2.33. The van der Waals surface area contributed by atoms with E-state index in [-0.39, 0.29) is 11.8 Å². The number of aromatic nitrogens is 2. The minimum atomic E-state index is -0.478. The largest absolute Gasteiger partial charge is 0.378 e. The summed E-state index contributed by atoms with van der Waals surface area (Å²) in [6.07, 6.45) is 2.95. The van der Waals surface area contributed by atoms with Gasteiger partial charge in [0.15, 0.2) is 5.69 Å². The Kier molecular flexibility index (Phi) is 7.13. The summed E-state index contributed by atoms with van der Waals surface area (Å²) in [5, 5.41) is 2.74. The third-order valence-corrected chi connectivity index (χ3v) is 4.36. The number of nitrogens with one attached hydrogen (secondary N) is 2. The molecule has 6 heteroatoms. The number of benzene rings is 1. The molecule has 2 unspecified atom stereocenters. The zero-order valence-electron chi connectivity index (χ0n) is 15.2. The van der Waals surface area contributed by atoms with Crippen molar-refractivity contribution in [2.45, 2.75) is 46.1 Å². The molecule has 0 saturated heterocycles. The van der Waals surface area contributed by atoms with Gasteiger partial charge in [0.05, 0.1) is 17.1 Å². The smallest absolute Gasteiger partial charge is 0.280 e. The predicted octanol–water partition coefficient (Wildman–Crippen LogP) is 2.88. The van der Waals surface area contributed by atoms with Crippen LogP contribution in [-0.4, -0.2) is 35.1 Å². The van der Waals surface area contributed by atoms with Gasteiger partial charge in [0.25, 0.3) is 11.5 Å². The van der Waals surface area contributed by atoms with E-state index in [1.807, 2.05) is 19.1 Å². The molecular formula is C19H27N3O3. The van der Waals surface area contributed by atoms with Crippen LogP contribution in [0.1, 0.15) is 50.5 Å². The number of para-hydroxylation sites is 2. The van der Waals surface area contributed by atoms with Gasteiger partial charge >= 0.3 is 0 Å². The molecule has 1 aromatic carbocycles. The lowest BCUT2D eigenvalue weighted by Gasteiger charge is -2.15. The van der Waals surface area contributed by atoms with Gasteiger partial charge in [-0.25, -0.2) is 4.98 Å². The third-order valence-electron chi connectivity index (χ3n) is 4.36. The van der Waals surface area contributed by atoms with Crippen LogP contribution >= 0.6 is 0 Å². The quantitative estimate of drug-likeness (QED) is 0.732. The monoisotopic (exact) mass is 345 g/mol. The number of carbonyl (C=O) groups excluding carboxylic acids is 1. The predicted molar refractivity (Wildman–Crippen MR) is 98.8 cm³/mol. The zero-order chi connectivity index (χ0) is 18.2. The Morgan fingerprint density at radius 2 is 2.04 bits per heavy atom. The second-order valence-electron chi connectivity index (χ2n) is 6.46. The van der Waals surface area contributed by atoms with Crippen LogP contribution in [0.3, 0.4) is 0 Å². The normalized spacial score (nSPS) is 13.6.